The first-order valence-electron chi connectivity index (χ1n) is 7.98. The summed E-state index contributed by atoms with van der Waals surface area (Å²) in [5.74, 6) is 1.26. The fourth-order valence-electron chi connectivity index (χ4n) is 3.09. The lowest BCUT2D eigenvalue weighted by atomic mass is 10.3. The zero-order valence-corrected chi connectivity index (χ0v) is 12.6. The molecule has 0 amide bonds. The van der Waals surface area contributed by atoms with Crippen molar-refractivity contribution in [2.45, 2.75) is 19.3 Å². The molecule has 0 saturated carbocycles. The molecule has 1 saturated heterocycles. The predicted molar refractivity (Wildman–Crippen MR) is 86.8 cm³/mol. The van der Waals surface area contributed by atoms with Crippen molar-refractivity contribution in [1.82, 2.24) is 14.3 Å². The van der Waals surface area contributed by atoms with Gasteiger partial charge < -0.3 is 15.5 Å². The Labute approximate surface area is 126 Å². The first kappa shape index (κ1) is 14.4. The van der Waals surface area contributed by atoms with Crippen LogP contribution >= 0.6 is 0 Å². The van der Waals surface area contributed by atoms with Crippen LogP contribution in [0.25, 0.3) is 5.65 Å². The average Bonchev–Trinajstić information content (AvgIpc) is 2.87. The van der Waals surface area contributed by atoms with Crippen molar-refractivity contribution < 1.29 is 0 Å². The standard InChI is InChI=1S/C16H25N5/c17-7-1-2-9-19-10-4-11-20(14-13-19)16-6-3-5-15-18-8-12-21(15)16/h3,5-6,8,12H,1-2,4,7,9-11,13-14,17H2. The minimum Gasteiger partial charge on any atom is -0.356 e. The van der Waals surface area contributed by atoms with E-state index >= 15 is 0 Å². The second kappa shape index (κ2) is 6.91. The Hall–Kier alpha value is -1.59. The molecule has 0 aromatic carbocycles. The molecule has 0 radical (unpaired) electrons. The van der Waals surface area contributed by atoms with Gasteiger partial charge in [0, 0.05) is 32.0 Å². The molecule has 0 bridgehead atoms. The van der Waals surface area contributed by atoms with E-state index in [1.807, 2.05) is 6.20 Å². The number of rotatable bonds is 5. The number of nitrogens with two attached hydrogens (primary N) is 1. The maximum absolute atomic E-state index is 5.58. The Morgan fingerprint density at radius 2 is 2.05 bits per heavy atom. The van der Waals surface area contributed by atoms with E-state index in [0.717, 1.165) is 38.2 Å². The van der Waals surface area contributed by atoms with E-state index in [1.54, 1.807) is 0 Å². The molecule has 114 valence electrons. The van der Waals surface area contributed by atoms with E-state index in [1.165, 1.54) is 31.7 Å². The first-order valence-corrected chi connectivity index (χ1v) is 7.98. The largest absolute Gasteiger partial charge is 0.356 e. The van der Waals surface area contributed by atoms with Crippen molar-refractivity contribution in [2.75, 3.05) is 44.2 Å². The summed E-state index contributed by atoms with van der Waals surface area (Å²) in [5, 5.41) is 0. The molecule has 21 heavy (non-hydrogen) atoms. The molecule has 5 nitrogen and oxygen atoms in total. The molecule has 0 aliphatic carbocycles. The number of fused-ring (bicyclic) bond motifs is 1. The van der Waals surface area contributed by atoms with Gasteiger partial charge in [0.25, 0.3) is 0 Å². The van der Waals surface area contributed by atoms with Crippen molar-refractivity contribution in [3.63, 3.8) is 0 Å². The summed E-state index contributed by atoms with van der Waals surface area (Å²) < 4.78 is 2.18. The van der Waals surface area contributed by atoms with E-state index in [2.05, 4.69) is 43.6 Å². The van der Waals surface area contributed by atoms with Crippen LogP contribution in [0, 0.1) is 0 Å². The van der Waals surface area contributed by atoms with E-state index in [0.29, 0.717) is 0 Å². The van der Waals surface area contributed by atoms with Gasteiger partial charge in [-0.05, 0) is 51.0 Å². The first-order chi connectivity index (χ1) is 10.4. The quantitative estimate of drug-likeness (QED) is 0.848. The van der Waals surface area contributed by atoms with E-state index < -0.39 is 0 Å². The van der Waals surface area contributed by atoms with Gasteiger partial charge in [0.2, 0.25) is 0 Å². The fourth-order valence-corrected chi connectivity index (χ4v) is 3.09. The lowest BCUT2D eigenvalue weighted by Gasteiger charge is -2.24. The summed E-state index contributed by atoms with van der Waals surface area (Å²) in [6, 6.07) is 6.35. The van der Waals surface area contributed by atoms with Crippen LogP contribution in [0.1, 0.15) is 19.3 Å². The fraction of sp³-hybridized carbons (Fsp3) is 0.562. The van der Waals surface area contributed by atoms with Gasteiger partial charge in [-0.25, -0.2) is 4.98 Å². The number of aromatic nitrogens is 2. The van der Waals surface area contributed by atoms with Crippen LogP contribution in [-0.4, -0.2) is 53.6 Å². The molecule has 0 unspecified atom stereocenters. The third kappa shape index (κ3) is 3.36. The lowest BCUT2D eigenvalue weighted by Crippen LogP contribution is -2.32. The predicted octanol–water partition coefficient (Wildman–Crippen LogP) is 1.59. The van der Waals surface area contributed by atoms with Gasteiger partial charge in [0.05, 0.1) is 0 Å². The molecule has 2 aromatic rings. The minimum atomic E-state index is 0.808. The molecule has 5 heteroatoms. The highest BCUT2D eigenvalue weighted by atomic mass is 15.3. The number of imidazole rings is 1. The topological polar surface area (TPSA) is 49.8 Å². The van der Waals surface area contributed by atoms with Crippen LogP contribution in [0.15, 0.2) is 30.6 Å². The van der Waals surface area contributed by atoms with Crippen LogP contribution in [0.5, 0.6) is 0 Å². The van der Waals surface area contributed by atoms with Gasteiger partial charge in [-0.3, -0.25) is 4.40 Å². The van der Waals surface area contributed by atoms with Crippen LogP contribution < -0.4 is 10.6 Å². The lowest BCUT2D eigenvalue weighted by molar-refractivity contribution is 0.288. The van der Waals surface area contributed by atoms with Gasteiger partial charge in [0.15, 0.2) is 0 Å². The molecular weight excluding hydrogens is 262 g/mol. The Morgan fingerprint density at radius 3 is 2.95 bits per heavy atom. The summed E-state index contributed by atoms with van der Waals surface area (Å²) in [4.78, 5) is 9.43. The van der Waals surface area contributed by atoms with Gasteiger partial charge in [-0.2, -0.15) is 0 Å². The highest BCUT2D eigenvalue weighted by Crippen LogP contribution is 2.18. The number of hydrogen-bond acceptors (Lipinski definition) is 4. The number of unbranched alkanes of at least 4 members (excludes halogenated alkanes) is 1. The molecule has 1 aliphatic rings. The molecule has 1 fully saturated rings. The molecule has 0 atom stereocenters. The highest BCUT2D eigenvalue weighted by Gasteiger charge is 2.16. The zero-order valence-electron chi connectivity index (χ0n) is 12.6. The minimum absolute atomic E-state index is 0.808. The summed E-state index contributed by atoms with van der Waals surface area (Å²) in [6.07, 6.45) is 7.49. The molecule has 3 heterocycles. The monoisotopic (exact) mass is 287 g/mol. The van der Waals surface area contributed by atoms with E-state index in [4.69, 9.17) is 5.73 Å². The van der Waals surface area contributed by atoms with Crippen LogP contribution in [-0.2, 0) is 0 Å². The Morgan fingerprint density at radius 1 is 1.10 bits per heavy atom. The number of anilines is 1. The van der Waals surface area contributed by atoms with Gasteiger partial charge in [-0.15, -0.1) is 0 Å². The second-order valence-electron chi connectivity index (χ2n) is 5.72. The van der Waals surface area contributed by atoms with Crippen LogP contribution in [0.3, 0.4) is 0 Å². The second-order valence-corrected chi connectivity index (χ2v) is 5.72. The van der Waals surface area contributed by atoms with E-state index in [-0.39, 0.29) is 0 Å². The third-order valence-corrected chi connectivity index (χ3v) is 4.25. The Balaban J connectivity index is 1.66. The van der Waals surface area contributed by atoms with E-state index in [9.17, 15) is 0 Å². The number of pyridine rings is 1. The summed E-state index contributed by atoms with van der Waals surface area (Å²) in [7, 11) is 0. The van der Waals surface area contributed by atoms with Crippen LogP contribution in [0.4, 0.5) is 5.82 Å². The maximum atomic E-state index is 5.58. The van der Waals surface area contributed by atoms with Crippen molar-refractivity contribution in [3.05, 3.63) is 30.6 Å². The highest BCUT2D eigenvalue weighted by molar-refractivity contribution is 5.51. The third-order valence-electron chi connectivity index (χ3n) is 4.25. The van der Waals surface area contributed by atoms with Crippen molar-refractivity contribution >= 4 is 11.5 Å². The molecule has 0 spiro atoms. The summed E-state index contributed by atoms with van der Waals surface area (Å²) in [6.45, 7) is 6.52. The SMILES string of the molecule is NCCCCN1CCCN(c2cccc3nccn23)CC1. The number of hydrogen-bond donors (Lipinski definition) is 1. The van der Waals surface area contributed by atoms with Crippen LogP contribution in [0.2, 0.25) is 0 Å². The molecular formula is C16H25N5. The average molecular weight is 287 g/mol. The molecule has 3 rings (SSSR count). The number of nitrogens with zero attached hydrogens (tertiary/aromatic N) is 4. The Kier molecular flexibility index (Phi) is 4.72. The zero-order chi connectivity index (χ0) is 14.5. The molecule has 2 aromatic heterocycles. The van der Waals surface area contributed by atoms with Gasteiger partial charge in [-0.1, -0.05) is 6.07 Å². The molecule has 1 aliphatic heterocycles. The smallest absolute Gasteiger partial charge is 0.138 e. The van der Waals surface area contributed by atoms with Crippen molar-refractivity contribution in [2.24, 2.45) is 5.73 Å². The normalized spacial score (nSPS) is 17.3. The van der Waals surface area contributed by atoms with Crippen molar-refractivity contribution in [3.8, 4) is 0 Å². The summed E-state index contributed by atoms with van der Waals surface area (Å²) in [5.41, 5.74) is 6.60. The van der Waals surface area contributed by atoms with Gasteiger partial charge in [0.1, 0.15) is 11.5 Å². The molecule has 2 N–H and O–H groups in total. The van der Waals surface area contributed by atoms with Crippen molar-refractivity contribution in [1.29, 1.82) is 0 Å². The summed E-state index contributed by atoms with van der Waals surface area (Å²) >= 11 is 0. The maximum Gasteiger partial charge on any atom is 0.138 e. The Bertz CT molecular complexity index is 565. The van der Waals surface area contributed by atoms with Gasteiger partial charge >= 0.3 is 0 Å².